The SMILES string of the molecule is CCCCCC1CCC(C2CC=C(c3cccc(C(F)(F)F)c3F)CC2)CC1. The van der Waals surface area contributed by atoms with Gasteiger partial charge in [0.1, 0.15) is 5.82 Å². The van der Waals surface area contributed by atoms with Gasteiger partial charge in [-0.1, -0.05) is 63.7 Å². The maximum atomic E-state index is 14.4. The van der Waals surface area contributed by atoms with Crippen LogP contribution in [0.1, 0.15) is 88.7 Å². The number of unbranched alkanes of at least 4 members (excludes halogenated alkanes) is 2. The van der Waals surface area contributed by atoms with E-state index in [4.69, 9.17) is 0 Å². The van der Waals surface area contributed by atoms with Crippen molar-refractivity contribution in [3.8, 4) is 0 Å². The Bertz CT molecular complexity index is 666. The lowest BCUT2D eigenvalue weighted by atomic mass is 9.70. The van der Waals surface area contributed by atoms with Gasteiger partial charge in [-0.2, -0.15) is 13.2 Å². The zero-order valence-corrected chi connectivity index (χ0v) is 16.8. The second-order valence-corrected chi connectivity index (χ2v) is 8.71. The van der Waals surface area contributed by atoms with Crippen LogP contribution in [-0.2, 0) is 6.18 Å². The van der Waals surface area contributed by atoms with Crippen LogP contribution in [0, 0.1) is 23.6 Å². The molecule has 0 heterocycles. The lowest BCUT2D eigenvalue weighted by Crippen LogP contribution is -2.23. The molecule has 1 unspecified atom stereocenters. The molecule has 1 fully saturated rings. The lowest BCUT2D eigenvalue weighted by molar-refractivity contribution is -0.140. The number of rotatable bonds is 6. The molecule has 0 amide bonds. The zero-order chi connectivity index (χ0) is 20.1. The van der Waals surface area contributed by atoms with Gasteiger partial charge in [-0.05, 0) is 61.5 Å². The predicted molar refractivity (Wildman–Crippen MR) is 106 cm³/mol. The van der Waals surface area contributed by atoms with Crippen molar-refractivity contribution in [2.45, 2.75) is 83.7 Å². The standard InChI is InChI=1S/C24H32F4/c1-2-3-4-6-17-9-11-18(12-10-17)19-13-15-20(16-14-19)21-7-5-8-22(23(21)25)24(26,27)28/h5,7-8,15,17-19H,2-4,6,9-14,16H2,1H3. The van der Waals surface area contributed by atoms with Crippen molar-refractivity contribution < 1.29 is 17.6 Å². The van der Waals surface area contributed by atoms with E-state index in [2.05, 4.69) is 6.92 Å². The van der Waals surface area contributed by atoms with E-state index in [1.54, 1.807) is 0 Å². The molecule has 1 atom stereocenters. The Hall–Kier alpha value is -1.32. The molecular formula is C24H32F4. The average Bonchev–Trinajstić information content (AvgIpc) is 2.68. The molecular weight excluding hydrogens is 364 g/mol. The van der Waals surface area contributed by atoms with Crippen molar-refractivity contribution in [1.29, 1.82) is 0 Å². The van der Waals surface area contributed by atoms with Crippen LogP contribution in [-0.4, -0.2) is 0 Å². The molecule has 2 aliphatic carbocycles. The van der Waals surface area contributed by atoms with Gasteiger partial charge in [0.25, 0.3) is 0 Å². The molecule has 4 heteroatoms. The Balaban J connectivity index is 1.57. The van der Waals surface area contributed by atoms with Gasteiger partial charge in [0.2, 0.25) is 0 Å². The smallest absolute Gasteiger partial charge is 0.206 e. The summed E-state index contributed by atoms with van der Waals surface area (Å²) >= 11 is 0. The van der Waals surface area contributed by atoms with Crippen molar-refractivity contribution in [3.05, 3.63) is 41.2 Å². The van der Waals surface area contributed by atoms with E-state index < -0.39 is 17.6 Å². The number of benzene rings is 1. The third-order valence-corrected chi connectivity index (χ3v) is 6.88. The molecule has 1 aromatic rings. The molecule has 0 N–H and O–H groups in total. The van der Waals surface area contributed by atoms with Crippen LogP contribution in [0.25, 0.3) is 5.57 Å². The lowest BCUT2D eigenvalue weighted by Gasteiger charge is -2.35. The largest absolute Gasteiger partial charge is 0.419 e. The van der Waals surface area contributed by atoms with Gasteiger partial charge in [-0.3, -0.25) is 0 Å². The second kappa shape index (κ2) is 9.45. The minimum absolute atomic E-state index is 0.132. The number of allylic oxidation sites excluding steroid dienone is 2. The van der Waals surface area contributed by atoms with Crippen LogP contribution >= 0.6 is 0 Å². The Morgan fingerprint density at radius 3 is 2.32 bits per heavy atom. The quantitative estimate of drug-likeness (QED) is 0.334. The maximum absolute atomic E-state index is 14.4. The summed E-state index contributed by atoms with van der Waals surface area (Å²) in [6.45, 7) is 2.24. The summed E-state index contributed by atoms with van der Waals surface area (Å²) in [5, 5.41) is 0. The van der Waals surface area contributed by atoms with Gasteiger partial charge >= 0.3 is 6.18 Å². The summed E-state index contributed by atoms with van der Waals surface area (Å²) in [6, 6.07) is 3.62. The van der Waals surface area contributed by atoms with Crippen molar-refractivity contribution in [3.63, 3.8) is 0 Å². The molecule has 2 aliphatic rings. The summed E-state index contributed by atoms with van der Waals surface area (Å²) < 4.78 is 53.3. The maximum Gasteiger partial charge on any atom is 0.419 e. The number of hydrogen-bond acceptors (Lipinski definition) is 0. The fraction of sp³-hybridized carbons (Fsp3) is 0.667. The van der Waals surface area contributed by atoms with E-state index in [-0.39, 0.29) is 5.56 Å². The fourth-order valence-electron chi connectivity index (χ4n) is 5.16. The molecule has 1 saturated carbocycles. The topological polar surface area (TPSA) is 0 Å². The van der Waals surface area contributed by atoms with Crippen molar-refractivity contribution in [1.82, 2.24) is 0 Å². The van der Waals surface area contributed by atoms with Crippen molar-refractivity contribution >= 4 is 5.57 Å². The van der Waals surface area contributed by atoms with E-state index in [0.29, 0.717) is 12.3 Å². The predicted octanol–water partition coefficient (Wildman–Crippen LogP) is 8.41. The molecule has 0 bridgehead atoms. The summed E-state index contributed by atoms with van der Waals surface area (Å²) in [4.78, 5) is 0. The fourth-order valence-corrected chi connectivity index (χ4v) is 5.16. The van der Waals surface area contributed by atoms with Crippen LogP contribution in [0.3, 0.4) is 0 Å². The minimum Gasteiger partial charge on any atom is -0.206 e. The molecule has 0 radical (unpaired) electrons. The second-order valence-electron chi connectivity index (χ2n) is 8.71. The van der Waals surface area contributed by atoms with Gasteiger partial charge in [0.05, 0.1) is 5.56 Å². The first-order valence-corrected chi connectivity index (χ1v) is 10.9. The van der Waals surface area contributed by atoms with Crippen LogP contribution < -0.4 is 0 Å². The highest BCUT2D eigenvalue weighted by molar-refractivity contribution is 5.67. The van der Waals surface area contributed by atoms with E-state index in [1.807, 2.05) is 6.08 Å². The monoisotopic (exact) mass is 396 g/mol. The summed E-state index contributed by atoms with van der Waals surface area (Å²) in [6.07, 6.45) is 10.4. The number of hydrogen-bond donors (Lipinski definition) is 0. The van der Waals surface area contributed by atoms with Crippen LogP contribution in [0.2, 0.25) is 0 Å². The zero-order valence-electron chi connectivity index (χ0n) is 16.8. The highest BCUT2D eigenvalue weighted by atomic mass is 19.4. The van der Waals surface area contributed by atoms with E-state index >= 15 is 0 Å². The minimum atomic E-state index is -4.65. The van der Waals surface area contributed by atoms with Crippen molar-refractivity contribution in [2.75, 3.05) is 0 Å². The van der Waals surface area contributed by atoms with E-state index in [9.17, 15) is 17.6 Å². The van der Waals surface area contributed by atoms with E-state index in [0.717, 1.165) is 36.3 Å². The molecule has 28 heavy (non-hydrogen) atoms. The first-order valence-electron chi connectivity index (χ1n) is 10.9. The highest BCUT2D eigenvalue weighted by Crippen LogP contribution is 2.43. The van der Waals surface area contributed by atoms with Crippen LogP contribution in [0.5, 0.6) is 0 Å². The molecule has 0 saturated heterocycles. The van der Waals surface area contributed by atoms with Gasteiger partial charge in [-0.15, -0.1) is 0 Å². The molecule has 0 nitrogen and oxygen atoms in total. The number of alkyl halides is 3. The molecule has 1 aromatic carbocycles. The summed E-state index contributed by atoms with van der Waals surface area (Å²) in [5.74, 6) is 1.10. The molecule has 156 valence electrons. The Morgan fingerprint density at radius 2 is 1.71 bits per heavy atom. The number of halogens is 4. The summed E-state index contributed by atoms with van der Waals surface area (Å²) in [5.41, 5.74) is -0.282. The van der Waals surface area contributed by atoms with Crippen LogP contribution in [0.4, 0.5) is 17.6 Å². The first-order chi connectivity index (χ1) is 13.4. The van der Waals surface area contributed by atoms with Crippen molar-refractivity contribution in [2.24, 2.45) is 17.8 Å². The first kappa shape index (κ1) is 21.4. The van der Waals surface area contributed by atoms with Gasteiger partial charge in [0, 0.05) is 5.56 Å². The third kappa shape index (κ3) is 5.18. The molecule has 0 aliphatic heterocycles. The Kier molecular flexibility index (Phi) is 7.22. The van der Waals surface area contributed by atoms with Gasteiger partial charge < -0.3 is 0 Å². The Morgan fingerprint density at radius 1 is 0.964 bits per heavy atom. The highest BCUT2D eigenvalue weighted by Gasteiger charge is 2.35. The van der Waals surface area contributed by atoms with E-state index in [1.165, 1.54) is 63.5 Å². The third-order valence-electron chi connectivity index (χ3n) is 6.88. The average molecular weight is 397 g/mol. The Labute approximate surface area is 166 Å². The normalized spacial score (nSPS) is 26.2. The molecule has 0 aromatic heterocycles. The van der Waals surface area contributed by atoms with Gasteiger partial charge in [-0.25, -0.2) is 4.39 Å². The van der Waals surface area contributed by atoms with Gasteiger partial charge in [0.15, 0.2) is 0 Å². The molecule has 0 spiro atoms. The van der Waals surface area contributed by atoms with Crippen LogP contribution in [0.15, 0.2) is 24.3 Å². The molecule has 3 rings (SSSR count). The summed E-state index contributed by atoms with van der Waals surface area (Å²) in [7, 11) is 0.